The Labute approximate surface area is 198 Å². The third kappa shape index (κ3) is 4.36. The van der Waals surface area contributed by atoms with Crippen LogP contribution < -0.4 is 11.0 Å². The number of carbonyl (C=O) groups is 2. The molecule has 2 aromatic carbocycles. The van der Waals surface area contributed by atoms with Crippen molar-refractivity contribution in [3.8, 4) is 22.8 Å². The molecule has 0 saturated carbocycles. The van der Waals surface area contributed by atoms with Crippen molar-refractivity contribution in [1.29, 1.82) is 0 Å². The van der Waals surface area contributed by atoms with Gasteiger partial charge in [0.05, 0.1) is 5.56 Å². The van der Waals surface area contributed by atoms with Gasteiger partial charge in [0.1, 0.15) is 6.54 Å². The highest BCUT2D eigenvalue weighted by Gasteiger charge is 2.19. The molecule has 0 aliphatic heterocycles. The van der Waals surface area contributed by atoms with Crippen LogP contribution in [-0.4, -0.2) is 36.0 Å². The number of nitrogens with one attached hydrogen (secondary N) is 1. The van der Waals surface area contributed by atoms with Crippen LogP contribution in [0.5, 0.6) is 0 Å². The molecule has 0 saturated heterocycles. The molecule has 0 bridgehead atoms. The zero-order valence-corrected chi connectivity index (χ0v) is 18.9. The van der Waals surface area contributed by atoms with Crippen LogP contribution >= 0.6 is 0 Å². The number of hydrogen-bond donors (Lipinski definition) is 1. The van der Waals surface area contributed by atoms with Gasteiger partial charge in [-0.3, -0.25) is 9.59 Å². The minimum Gasteiger partial charge on any atom is -0.333 e. The van der Waals surface area contributed by atoms with Crippen molar-refractivity contribution in [2.45, 2.75) is 20.4 Å². The van der Waals surface area contributed by atoms with E-state index in [0.717, 1.165) is 15.8 Å². The van der Waals surface area contributed by atoms with Crippen molar-refractivity contribution in [1.82, 2.24) is 24.3 Å². The maximum absolute atomic E-state index is 12.9. The second-order valence-electron chi connectivity index (χ2n) is 8.03. The fraction of sp³-hybridized carbons (Fsp3) is 0.120. The summed E-state index contributed by atoms with van der Waals surface area (Å²) in [6, 6.07) is 17.7. The van der Waals surface area contributed by atoms with E-state index in [1.165, 1.54) is 11.3 Å². The summed E-state index contributed by atoms with van der Waals surface area (Å²) in [6.07, 6.45) is 1.55. The highest BCUT2D eigenvalue weighted by Crippen LogP contribution is 2.25. The smallest absolute Gasteiger partial charge is 0.333 e. The van der Waals surface area contributed by atoms with Crippen LogP contribution in [0.2, 0.25) is 0 Å². The van der Waals surface area contributed by atoms with Gasteiger partial charge in [0, 0.05) is 23.0 Å². The molecule has 0 aliphatic rings. The molecular weight excluding hydrogens is 448 g/mol. The molecule has 0 fully saturated rings. The van der Waals surface area contributed by atoms with Gasteiger partial charge in [0.15, 0.2) is 11.4 Å². The number of ketones is 1. The summed E-state index contributed by atoms with van der Waals surface area (Å²) in [5, 5.41) is 11.1. The number of carbonyl (C=O) groups excluding carboxylic acids is 2. The first-order valence-corrected chi connectivity index (χ1v) is 10.8. The van der Waals surface area contributed by atoms with Gasteiger partial charge >= 0.3 is 5.69 Å². The first-order valence-electron chi connectivity index (χ1n) is 10.8. The Balaban J connectivity index is 1.43. The van der Waals surface area contributed by atoms with E-state index in [1.807, 2.05) is 31.2 Å². The lowest BCUT2D eigenvalue weighted by Crippen LogP contribution is -2.28. The number of aromatic nitrogens is 5. The average Bonchev–Trinajstić information content (AvgIpc) is 3.45. The second-order valence-corrected chi connectivity index (χ2v) is 8.03. The number of nitrogens with zero attached hydrogens (tertiary/aromatic N) is 5. The molecule has 1 N–H and O–H groups in total. The van der Waals surface area contributed by atoms with Crippen molar-refractivity contribution < 1.29 is 14.1 Å². The first kappa shape index (κ1) is 22.0. The summed E-state index contributed by atoms with van der Waals surface area (Å²) in [5.74, 6) is 0.0449. The highest BCUT2D eigenvalue weighted by molar-refractivity contribution is 5.97. The maximum Gasteiger partial charge on any atom is 0.350 e. The van der Waals surface area contributed by atoms with Crippen LogP contribution in [0.4, 0.5) is 5.69 Å². The van der Waals surface area contributed by atoms with Gasteiger partial charge < -0.3 is 9.84 Å². The number of fused-ring (bicyclic) bond motifs is 1. The molecule has 10 heteroatoms. The number of anilines is 1. The molecule has 0 aliphatic carbocycles. The molecule has 10 nitrogen and oxygen atoms in total. The van der Waals surface area contributed by atoms with Crippen LogP contribution in [0.3, 0.4) is 0 Å². The summed E-state index contributed by atoms with van der Waals surface area (Å²) >= 11 is 0. The number of rotatable bonds is 6. The lowest BCUT2D eigenvalue weighted by Gasteiger charge is -2.05. The van der Waals surface area contributed by atoms with E-state index in [9.17, 15) is 14.4 Å². The van der Waals surface area contributed by atoms with Gasteiger partial charge in [-0.25, -0.2) is 13.9 Å². The van der Waals surface area contributed by atoms with Gasteiger partial charge in [-0.05, 0) is 44.2 Å². The lowest BCUT2D eigenvalue weighted by molar-refractivity contribution is -0.117. The molecule has 3 heterocycles. The minimum absolute atomic E-state index is 0.114. The van der Waals surface area contributed by atoms with Crippen molar-refractivity contribution in [3.05, 3.63) is 88.5 Å². The summed E-state index contributed by atoms with van der Waals surface area (Å²) in [7, 11) is 0. The number of benzene rings is 2. The van der Waals surface area contributed by atoms with E-state index in [2.05, 4.69) is 20.6 Å². The number of pyridine rings is 1. The van der Waals surface area contributed by atoms with E-state index in [1.54, 1.807) is 42.6 Å². The number of aryl methyl sites for hydroxylation is 1. The molecule has 3 aromatic heterocycles. The SMILES string of the molecule is CC(=O)c1cccc(NC(=O)Cn2nc3c(-c4nc(-c5cccc(C)c5)no4)cccn3c2=O)c1. The second kappa shape index (κ2) is 8.82. The fourth-order valence-electron chi connectivity index (χ4n) is 3.69. The summed E-state index contributed by atoms with van der Waals surface area (Å²) in [5.41, 5.74) is 3.05. The predicted octanol–water partition coefficient (Wildman–Crippen LogP) is 3.36. The number of hydrogen-bond acceptors (Lipinski definition) is 7. The Hall–Kier alpha value is -4.86. The van der Waals surface area contributed by atoms with Gasteiger partial charge in [-0.15, -0.1) is 5.10 Å². The monoisotopic (exact) mass is 468 g/mol. The number of amides is 1. The minimum atomic E-state index is -0.493. The van der Waals surface area contributed by atoms with Crippen molar-refractivity contribution in [2.24, 2.45) is 0 Å². The average molecular weight is 468 g/mol. The third-order valence-electron chi connectivity index (χ3n) is 5.39. The molecule has 5 aromatic rings. The molecule has 0 atom stereocenters. The zero-order valence-electron chi connectivity index (χ0n) is 18.9. The standard InChI is InChI=1S/C25H20N6O4/c1-15-6-3-8-18(12-15)22-27-24(35-29-22)20-10-5-11-30-23(20)28-31(25(30)34)14-21(33)26-19-9-4-7-17(13-19)16(2)32/h3-13H,14H2,1-2H3,(H,26,33). The molecule has 1 amide bonds. The van der Waals surface area contributed by atoms with Crippen molar-refractivity contribution in [2.75, 3.05) is 5.32 Å². The van der Waals surface area contributed by atoms with E-state index in [-0.39, 0.29) is 23.9 Å². The van der Waals surface area contributed by atoms with Crippen LogP contribution in [0, 0.1) is 6.92 Å². The van der Waals surface area contributed by atoms with E-state index in [4.69, 9.17) is 4.52 Å². The number of Topliss-reactive ketones (excluding diaryl/α,β-unsaturated/α-hetero) is 1. The topological polar surface area (TPSA) is 124 Å². The van der Waals surface area contributed by atoms with Crippen LogP contribution in [0.25, 0.3) is 28.5 Å². The Morgan fingerprint density at radius 3 is 2.69 bits per heavy atom. The van der Waals surface area contributed by atoms with Crippen molar-refractivity contribution in [3.63, 3.8) is 0 Å². The fourth-order valence-corrected chi connectivity index (χ4v) is 3.69. The van der Waals surface area contributed by atoms with E-state index in [0.29, 0.717) is 22.6 Å². The van der Waals surface area contributed by atoms with Crippen LogP contribution in [0.1, 0.15) is 22.8 Å². The van der Waals surface area contributed by atoms with E-state index >= 15 is 0 Å². The Kier molecular flexibility index (Phi) is 5.54. The molecular formula is C25H20N6O4. The third-order valence-corrected chi connectivity index (χ3v) is 5.39. The lowest BCUT2D eigenvalue weighted by atomic mass is 10.1. The summed E-state index contributed by atoms with van der Waals surface area (Å²) in [6.45, 7) is 3.10. The Morgan fingerprint density at radius 1 is 1.06 bits per heavy atom. The predicted molar refractivity (Wildman–Crippen MR) is 128 cm³/mol. The molecule has 174 valence electrons. The Bertz CT molecular complexity index is 1650. The molecule has 5 rings (SSSR count). The Morgan fingerprint density at radius 2 is 1.89 bits per heavy atom. The summed E-state index contributed by atoms with van der Waals surface area (Å²) < 4.78 is 7.83. The highest BCUT2D eigenvalue weighted by atomic mass is 16.5. The zero-order chi connectivity index (χ0) is 24.5. The maximum atomic E-state index is 12.9. The van der Waals surface area contributed by atoms with Gasteiger partial charge in [-0.1, -0.05) is 41.1 Å². The van der Waals surface area contributed by atoms with Gasteiger partial charge in [0.2, 0.25) is 11.7 Å². The van der Waals surface area contributed by atoms with Crippen LogP contribution in [-0.2, 0) is 11.3 Å². The molecule has 0 radical (unpaired) electrons. The van der Waals surface area contributed by atoms with Crippen molar-refractivity contribution >= 4 is 23.0 Å². The molecule has 0 spiro atoms. The largest absolute Gasteiger partial charge is 0.350 e. The molecule has 35 heavy (non-hydrogen) atoms. The van der Waals surface area contributed by atoms with Gasteiger partial charge in [-0.2, -0.15) is 4.98 Å². The summed E-state index contributed by atoms with van der Waals surface area (Å²) in [4.78, 5) is 41.5. The normalized spacial score (nSPS) is 11.0. The molecule has 0 unspecified atom stereocenters. The quantitative estimate of drug-likeness (QED) is 0.379. The van der Waals surface area contributed by atoms with E-state index < -0.39 is 11.6 Å². The first-order chi connectivity index (χ1) is 16.9. The van der Waals surface area contributed by atoms with Gasteiger partial charge in [0.25, 0.3) is 5.89 Å². The van der Waals surface area contributed by atoms with Crippen LogP contribution in [0.15, 0.2) is 76.2 Å².